The summed E-state index contributed by atoms with van der Waals surface area (Å²) in [4.78, 5) is 14.0. The van der Waals surface area contributed by atoms with Gasteiger partial charge in [-0.2, -0.15) is 0 Å². The van der Waals surface area contributed by atoms with Crippen LogP contribution in [0.25, 0.3) is 0 Å². The molecule has 1 aliphatic heterocycles. The van der Waals surface area contributed by atoms with E-state index in [2.05, 4.69) is 0 Å². The van der Waals surface area contributed by atoms with Crippen LogP contribution in [0.2, 0.25) is 0 Å². The summed E-state index contributed by atoms with van der Waals surface area (Å²) in [6, 6.07) is 15.0. The minimum Gasteiger partial charge on any atom is -0.508 e. The van der Waals surface area contributed by atoms with E-state index < -0.39 is 0 Å². The van der Waals surface area contributed by atoms with Crippen LogP contribution in [0.1, 0.15) is 16.5 Å². The number of phenols is 1. The molecule has 0 spiro atoms. The Balaban J connectivity index is 1.90. The number of methoxy groups -OCH3 is 1. The van der Waals surface area contributed by atoms with Gasteiger partial charge < -0.3 is 14.7 Å². The third-order valence-corrected chi connectivity index (χ3v) is 4.90. The first-order valence-electron chi connectivity index (χ1n) is 7.01. The lowest BCUT2D eigenvalue weighted by atomic mass is 10.1. The smallest absolute Gasteiger partial charge is 0.234 e. The number of benzene rings is 2. The highest BCUT2D eigenvalue weighted by Crippen LogP contribution is 2.43. The predicted octanol–water partition coefficient (Wildman–Crippen LogP) is 3.18. The molecule has 1 aliphatic rings. The Morgan fingerprint density at radius 2 is 2.05 bits per heavy atom. The molecule has 22 heavy (non-hydrogen) atoms. The molecule has 0 aliphatic carbocycles. The molecule has 1 atom stereocenters. The van der Waals surface area contributed by atoms with Crippen LogP contribution < -0.4 is 4.74 Å². The lowest BCUT2D eigenvalue weighted by molar-refractivity contribution is -0.128. The predicted molar refractivity (Wildman–Crippen MR) is 86.8 cm³/mol. The van der Waals surface area contributed by atoms with Crippen molar-refractivity contribution >= 4 is 17.7 Å². The highest BCUT2D eigenvalue weighted by Gasteiger charge is 2.34. The summed E-state index contributed by atoms with van der Waals surface area (Å²) in [6.45, 7) is 0.536. The van der Waals surface area contributed by atoms with Crippen molar-refractivity contribution in [3.63, 3.8) is 0 Å². The number of phenolic OH excluding ortho intramolecular Hbond substituents is 1. The second-order valence-electron chi connectivity index (χ2n) is 5.10. The topological polar surface area (TPSA) is 49.8 Å². The van der Waals surface area contributed by atoms with Crippen molar-refractivity contribution < 1.29 is 14.6 Å². The number of thioether (sulfide) groups is 1. The van der Waals surface area contributed by atoms with Gasteiger partial charge in [0.25, 0.3) is 0 Å². The van der Waals surface area contributed by atoms with Gasteiger partial charge in [0.2, 0.25) is 5.91 Å². The standard InChI is InChI=1S/C17H17NO3S/c1-21-13-7-8-15(19)14(9-13)17-18(16(20)11-22-17)10-12-5-3-2-4-6-12/h2-9,17,19H,10-11H2,1H3/t17-/m0/s1. The molecule has 114 valence electrons. The molecule has 1 fully saturated rings. The monoisotopic (exact) mass is 315 g/mol. The summed E-state index contributed by atoms with van der Waals surface area (Å²) in [7, 11) is 1.59. The largest absolute Gasteiger partial charge is 0.508 e. The maximum atomic E-state index is 12.2. The first kappa shape index (κ1) is 14.8. The Bertz CT molecular complexity index is 675. The molecule has 1 amide bonds. The zero-order valence-corrected chi connectivity index (χ0v) is 13.0. The van der Waals surface area contributed by atoms with E-state index in [4.69, 9.17) is 4.74 Å². The lowest BCUT2D eigenvalue weighted by Gasteiger charge is -2.25. The molecule has 3 rings (SSSR count). The number of aromatic hydroxyl groups is 1. The van der Waals surface area contributed by atoms with Gasteiger partial charge in [-0.25, -0.2) is 0 Å². The molecular formula is C17H17NO3S. The molecule has 0 aromatic heterocycles. The maximum Gasteiger partial charge on any atom is 0.234 e. The average molecular weight is 315 g/mol. The molecule has 1 N–H and O–H groups in total. The second kappa shape index (κ2) is 6.32. The maximum absolute atomic E-state index is 12.2. The number of hydrogen-bond donors (Lipinski definition) is 1. The number of hydrogen-bond acceptors (Lipinski definition) is 4. The van der Waals surface area contributed by atoms with Crippen LogP contribution in [-0.2, 0) is 11.3 Å². The van der Waals surface area contributed by atoms with Crippen LogP contribution in [0, 0.1) is 0 Å². The van der Waals surface area contributed by atoms with Crippen LogP contribution in [0.15, 0.2) is 48.5 Å². The summed E-state index contributed by atoms with van der Waals surface area (Å²) >= 11 is 1.53. The van der Waals surface area contributed by atoms with Crippen molar-refractivity contribution in [2.45, 2.75) is 11.9 Å². The van der Waals surface area contributed by atoms with E-state index >= 15 is 0 Å². The third-order valence-electron chi connectivity index (χ3n) is 3.66. The number of ether oxygens (including phenoxy) is 1. The summed E-state index contributed by atoms with van der Waals surface area (Å²) in [5.74, 6) is 1.37. The Morgan fingerprint density at radius 3 is 2.77 bits per heavy atom. The van der Waals surface area contributed by atoms with Gasteiger partial charge in [-0.3, -0.25) is 4.79 Å². The van der Waals surface area contributed by atoms with E-state index in [-0.39, 0.29) is 17.0 Å². The minimum absolute atomic E-state index is 0.0843. The zero-order valence-electron chi connectivity index (χ0n) is 12.2. The molecule has 0 saturated carbocycles. The van der Waals surface area contributed by atoms with Gasteiger partial charge >= 0.3 is 0 Å². The summed E-state index contributed by atoms with van der Waals surface area (Å²) in [5, 5.41) is 9.96. The normalized spacial score (nSPS) is 17.8. The lowest BCUT2D eigenvalue weighted by Crippen LogP contribution is -2.27. The average Bonchev–Trinajstić information content (AvgIpc) is 2.90. The number of nitrogens with zero attached hydrogens (tertiary/aromatic N) is 1. The quantitative estimate of drug-likeness (QED) is 0.941. The summed E-state index contributed by atoms with van der Waals surface area (Å²) in [5.41, 5.74) is 1.79. The third kappa shape index (κ3) is 2.90. The van der Waals surface area contributed by atoms with E-state index in [1.165, 1.54) is 11.8 Å². The van der Waals surface area contributed by atoms with Crippen LogP contribution in [0.3, 0.4) is 0 Å². The number of carbonyl (C=O) groups is 1. The van der Waals surface area contributed by atoms with Crippen molar-refractivity contribution in [2.75, 3.05) is 12.9 Å². The molecule has 0 unspecified atom stereocenters. The van der Waals surface area contributed by atoms with E-state index in [9.17, 15) is 9.90 Å². The van der Waals surface area contributed by atoms with E-state index in [1.54, 1.807) is 30.2 Å². The number of carbonyl (C=O) groups excluding carboxylic acids is 1. The SMILES string of the molecule is COc1ccc(O)c([C@@H]2SCC(=O)N2Cc2ccccc2)c1. The Morgan fingerprint density at radius 1 is 1.27 bits per heavy atom. The number of amides is 1. The summed E-state index contributed by atoms with van der Waals surface area (Å²) < 4.78 is 5.23. The van der Waals surface area contributed by atoms with Crippen molar-refractivity contribution in [1.82, 2.24) is 4.90 Å². The van der Waals surface area contributed by atoms with Gasteiger partial charge in [0.05, 0.1) is 12.9 Å². The van der Waals surface area contributed by atoms with Crippen LogP contribution in [0.5, 0.6) is 11.5 Å². The van der Waals surface area contributed by atoms with Crippen molar-refractivity contribution in [3.05, 3.63) is 59.7 Å². The molecule has 0 bridgehead atoms. The first-order chi connectivity index (χ1) is 10.7. The van der Waals surface area contributed by atoms with Gasteiger partial charge in [0.1, 0.15) is 16.9 Å². The Hall–Kier alpha value is -2.14. The molecule has 5 heteroatoms. The van der Waals surface area contributed by atoms with Crippen molar-refractivity contribution in [1.29, 1.82) is 0 Å². The van der Waals surface area contributed by atoms with Gasteiger partial charge in [0.15, 0.2) is 0 Å². The van der Waals surface area contributed by atoms with Gasteiger partial charge in [-0.15, -0.1) is 11.8 Å². The highest BCUT2D eigenvalue weighted by molar-refractivity contribution is 8.00. The Kier molecular flexibility index (Phi) is 4.24. The minimum atomic E-state index is -0.192. The first-order valence-corrected chi connectivity index (χ1v) is 8.06. The van der Waals surface area contributed by atoms with Crippen molar-refractivity contribution in [3.8, 4) is 11.5 Å². The molecule has 1 saturated heterocycles. The van der Waals surface area contributed by atoms with Gasteiger partial charge in [0, 0.05) is 12.1 Å². The second-order valence-corrected chi connectivity index (χ2v) is 6.16. The molecule has 2 aromatic carbocycles. The molecular weight excluding hydrogens is 298 g/mol. The zero-order chi connectivity index (χ0) is 15.5. The summed E-state index contributed by atoms with van der Waals surface area (Å²) in [6.07, 6.45) is 0. The van der Waals surface area contributed by atoms with Crippen molar-refractivity contribution in [2.24, 2.45) is 0 Å². The molecule has 2 aromatic rings. The van der Waals surface area contributed by atoms with Gasteiger partial charge in [-0.1, -0.05) is 30.3 Å². The fraction of sp³-hybridized carbons (Fsp3) is 0.235. The fourth-order valence-electron chi connectivity index (χ4n) is 2.52. The molecule has 4 nitrogen and oxygen atoms in total. The molecule has 0 radical (unpaired) electrons. The van der Waals surface area contributed by atoms with E-state index in [0.29, 0.717) is 23.6 Å². The van der Waals surface area contributed by atoms with E-state index in [0.717, 1.165) is 5.56 Å². The van der Waals surface area contributed by atoms with Crippen LogP contribution >= 0.6 is 11.8 Å². The van der Waals surface area contributed by atoms with Gasteiger partial charge in [-0.05, 0) is 23.8 Å². The molecule has 1 heterocycles. The van der Waals surface area contributed by atoms with Crippen LogP contribution in [-0.4, -0.2) is 28.8 Å². The van der Waals surface area contributed by atoms with Crippen LogP contribution in [0.4, 0.5) is 0 Å². The highest BCUT2D eigenvalue weighted by atomic mass is 32.2. The van der Waals surface area contributed by atoms with E-state index in [1.807, 2.05) is 30.3 Å². The number of rotatable bonds is 4. The fourth-order valence-corrected chi connectivity index (χ4v) is 3.73. The Labute approximate surface area is 133 Å².